The van der Waals surface area contributed by atoms with Gasteiger partial charge in [0.1, 0.15) is 0 Å². The number of carbonyl (C=O) groups excluding carboxylic acids is 1. The minimum atomic E-state index is -3.40. The second-order valence-electron chi connectivity index (χ2n) is 3.53. The van der Waals surface area contributed by atoms with Crippen molar-refractivity contribution in [2.45, 2.75) is 19.4 Å². The average Bonchev–Trinajstić information content (AvgIpc) is 2.12. The van der Waals surface area contributed by atoms with Crippen LogP contribution in [0.3, 0.4) is 0 Å². The van der Waals surface area contributed by atoms with E-state index in [0.717, 1.165) is 0 Å². The van der Waals surface area contributed by atoms with Crippen molar-refractivity contribution < 1.29 is 13.2 Å². The number of nitrogens with zero attached hydrogens (tertiary/aromatic N) is 1. The van der Waals surface area contributed by atoms with Crippen molar-refractivity contribution in [2.75, 3.05) is 26.4 Å². The molecule has 0 aliphatic heterocycles. The van der Waals surface area contributed by atoms with E-state index in [-0.39, 0.29) is 11.7 Å². The normalized spacial score (nSPS) is 13.6. The summed E-state index contributed by atoms with van der Waals surface area (Å²) in [6, 6.07) is -0.734. The van der Waals surface area contributed by atoms with Gasteiger partial charge in [0.05, 0.1) is 11.8 Å². The number of likely N-dealkylation sites (N-methyl/N-ethyl adjacent to an activating group) is 1. The maximum absolute atomic E-state index is 11.4. The number of carbonyl (C=O) groups is 1. The van der Waals surface area contributed by atoms with Gasteiger partial charge in [0.15, 0.2) is 0 Å². The maximum Gasteiger partial charge on any atom is 0.239 e. The summed E-state index contributed by atoms with van der Waals surface area (Å²) in [5.74, 6) is -0.319. The van der Waals surface area contributed by atoms with E-state index in [0.29, 0.717) is 13.0 Å². The van der Waals surface area contributed by atoms with E-state index >= 15 is 0 Å². The van der Waals surface area contributed by atoms with E-state index in [2.05, 4.69) is 4.72 Å². The van der Waals surface area contributed by atoms with Crippen molar-refractivity contribution in [3.63, 3.8) is 0 Å². The first-order valence-corrected chi connectivity index (χ1v) is 6.36. The molecule has 0 heterocycles. The van der Waals surface area contributed by atoms with Crippen molar-refractivity contribution >= 4 is 15.9 Å². The molecule has 0 saturated heterocycles. The second kappa shape index (κ2) is 6.04. The SMILES string of the molecule is CC(NS(=O)(=O)CCCN)C(=O)N(C)C. The molecule has 3 N–H and O–H groups in total. The van der Waals surface area contributed by atoms with E-state index in [1.807, 2.05) is 0 Å². The minimum absolute atomic E-state index is 0.0471. The molecule has 0 bridgehead atoms. The van der Waals surface area contributed by atoms with Gasteiger partial charge in [-0.2, -0.15) is 0 Å². The summed E-state index contributed by atoms with van der Waals surface area (Å²) in [6.45, 7) is 1.83. The maximum atomic E-state index is 11.4. The Morgan fingerprint density at radius 2 is 2.00 bits per heavy atom. The van der Waals surface area contributed by atoms with Crippen LogP contribution in [0.2, 0.25) is 0 Å². The van der Waals surface area contributed by atoms with Gasteiger partial charge in [-0.25, -0.2) is 13.1 Å². The van der Waals surface area contributed by atoms with Crippen LogP contribution in [0, 0.1) is 0 Å². The van der Waals surface area contributed by atoms with Gasteiger partial charge in [-0.05, 0) is 19.9 Å². The van der Waals surface area contributed by atoms with Crippen LogP contribution in [0.5, 0.6) is 0 Å². The first-order valence-electron chi connectivity index (χ1n) is 4.71. The summed E-state index contributed by atoms with van der Waals surface area (Å²) in [5.41, 5.74) is 5.21. The first-order chi connectivity index (χ1) is 6.80. The summed E-state index contributed by atoms with van der Waals surface area (Å²) in [7, 11) is -0.246. The standard InChI is InChI=1S/C8H19N3O3S/c1-7(8(12)11(2)3)10-15(13,14)6-4-5-9/h7,10H,4-6,9H2,1-3H3. The number of nitrogens with one attached hydrogen (secondary N) is 1. The highest BCUT2D eigenvalue weighted by molar-refractivity contribution is 7.89. The zero-order valence-corrected chi connectivity index (χ0v) is 10.2. The molecular formula is C8H19N3O3S. The largest absolute Gasteiger partial charge is 0.347 e. The molecule has 6 nitrogen and oxygen atoms in total. The molecule has 90 valence electrons. The summed E-state index contributed by atoms with van der Waals surface area (Å²) in [5, 5.41) is 0. The van der Waals surface area contributed by atoms with Crippen LogP contribution in [-0.4, -0.2) is 51.7 Å². The van der Waals surface area contributed by atoms with Gasteiger partial charge < -0.3 is 10.6 Å². The van der Waals surface area contributed by atoms with Crippen molar-refractivity contribution in [3.8, 4) is 0 Å². The van der Waals surface area contributed by atoms with Crippen LogP contribution < -0.4 is 10.5 Å². The molecule has 1 atom stereocenters. The Morgan fingerprint density at radius 1 is 1.47 bits per heavy atom. The zero-order chi connectivity index (χ0) is 12.1. The summed E-state index contributed by atoms with van der Waals surface area (Å²) < 4.78 is 25.1. The minimum Gasteiger partial charge on any atom is -0.347 e. The van der Waals surface area contributed by atoms with Crippen LogP contribution in [0.4, 0.5) is 0 Å². The van der Waals surface area contributed by atoms with Crippen LogP contribution in [-0.2, 0) is 14.8 Å². The Morgan fingerprint density at radius 3 is 2.40 bits per heavy atom. The molecule has 7 heteroatoms. The van der Waals surface area contributed by atoms with Gasteiger partial charge in [-0.15, -0.1) is 0 Å². The third-order valence-corrected chi connectivity index (χ3v) is 3.32. The van der Waals surface area contributed by atoms with Gasteiger partial charge in [-0.3, -0.25) is 4.79 Å². The predicted octanol–water partition coefficient (Wildman–Crippen LogP) is -1.27. The fourth-order valence-corrected chi connectivity index (χ4v) is 2.34. The van der Waals surface area contributed by atoms with E-state index in [1.165, 1.54) is 11.8 Å². The van der Waals surface area contributed by atoms with Gasteiger partial charge in [-0.1, -0.05) is 0 Å². The van der Waals surface area contributed by atoms with Crippen LogP contribution in [0.1, 0.15) is 13.3 Å². The van der Waals surface area contributed by atoms with Gasteiger partial charge in [0.2, 0.25) is 15.9 Å². The van der Waals surface area contributed by atoms with E-state index in [9.17, 15) is 13.2 Å². The fraction of sp³-hybridized carbons (Fsp3) is 0.875. The van der Waals surface area contributed by atoms with Crippen molar-refractivity contribution in [1.82, 2.24) is 9.62 Å². The lowest BCUT2D eigenvalue weighted by atomic mass is 10.3. The van der Waals surface area contributed by atoms with Crippen molar-refractivity contribution in [3.05, 3.63) is 0 Å². The van der Waals surface area contributed by atoms with Gasteiger partial charge in [0, 0.05) is 14.1 Å². The quantitative estimate of drug-likeness (QED) is 0.602. The molecule has 1 unspecified atom stereocenters. The molecular weight excluding hydrogens is 218 g/mol. The van der Waals surface area contributed by atoms with Crippen molar-refractivity contribution in [1.29, 1.82) is 0 Å². The monoisotopic (exact) mass is 237 g/mol. The Hall–Kier alpha value is -0.660. The molecule has 0 rings (SSSR count). The number of nitrogens with two attached hydrogens (primary N) is 1. The summed E-state index contributed by atoms with van der Waals surface area (Å²) in [6.07, 6.45) is 0.387. The summed E-state index contributed by atoms with van der Waals surface area (Å²) >= 11 is 0. The third kappa shape index (κ3) is 5.71. The van der Waals surface area contributed by atoms with Crippen LogP contribution in [0.15, 0.2) is 0 Å². The topological polar surface area (TPSA) is 92.5 Å². The second-order valence-corrected chi connectivity index (χ2v) is 5.41. The van der Waals surface area contributed by atoms with E-state index < -0.39 is 16.1 Å². The molecule has 0 radical (unpaired) electrons. The number of hydrogen-bond acceptors (Lipinski definition) is 4. The molecule has 0 aliphatic rings. The smallest absolute Gasteiger partial charge is 0.239 e. The zero-order valence-electron chi connectivity index (χ0n) is 9.36. The number of amides is 1. The Labute approximate surface area is 90.9 Å². The lowest BCUT2D eigenvalue weighted by Crippen LogP contribution is -2.45. The van der Waals surface area contributed by atoms with E-state index in [4.69, 9.17) is 5.73 Å². The fourth-order valence-electron chi connectivity index (χ4n) is 1.04. The molecule has 0 aromatic carbocycles. The number of rotatable bonds is 6. The summed E-state index contributed by atoms with van der Waals surface area (Å²) in [4.78, 5) is 12.7. The Balaban J connectivity index is 4.28. The molecule has 15 heavy (non-hydrogen) atoms. The Bertz CT molecular complexity index is 300. The molecule has 0 spiro atoms. The highest BCUT2D eigenvalue weighted by Gasteiger charge is 2.20. The van der Waals surface area contributed by atoms with Gasteiger partial charge in [0.25, 0.3) is 0 Å². The Kier molecular flexibility index (Phi) is 5.77. The number of sulfonamides is 1. The van der Waals surface area contributed by atoms with Gasteiger partial charge >= 0.3 is 0 Å². The van der Waals surface area contributed by atoms with Crippen LogP contribution in [0.25, 0.3) is 0 Å². The molecule has 0 fully saturated rings. The third-order valence-electron chi connectivity index (χ3n) is 1.78. The predicted molar refractivity (Wildman–Crippen MR) is 58.7 cm³/mol. The highest BCUT2D eigenvalue weighted by atomic mass is 32.2. The molecule has 0 aromatic heterocycles. The highest BCUT2D eigenvalue weighted by Crippen LogP contribution is 1.95. The number of hydrogen-bond donors (Lipinski definition) is 2. The molecule has 0 aliphatic carbocycles. The van der Waals surface area contributed by atoms with Crippen molar-refractivity contribution in [2.24, 2.45) is 5.73 Å². The first kappa shape index (κ1) is 14.3. The van der Waals surface area contributed by atoms with E-state index in [1.54, 1.807) is 14.1 Å². The average molecular weight is 237 g/mol. The lowest BCUT2D eigenvalue weighted by Gasteiger charge is -2.17. The molecule has 0 saturated carbocycles. The van der Waals surface area contributed by atoms with Crippen LogP contribution >= 0.6 is 0 Å². The molecule has 1 amide bonds. The molecule has 0 aromatic rings. The lowest BCUT2D eigenvalue weighted by molar-refractivity contribution is -0.130.